The molecule has 3 nitrogen and oxygen atoms in total. The van der Waals surface area contributed by atoms with Crippen molar-refractivity contribution in [2.45, 2.75) is 18.9 Å². The van der Waals surface area contributed by atoms with E-state index in [4.69, 9.17) is 0 Å². The molecule has 0 bridgehead atoms. The molecule has 3 heteroatoms. The summed E-state index contributed by atoms with van der Waals surface area (Å²) < 4.78 is 0. The number of hydrogen-bond donors (Lipinski definition) is 2. The van der Waals surface area contributed by atoms with Crippen molar-refractivity contribution in [1.29, 1.82) is 0 Å². The van der Waals surface area contributed by atoms with Crippen molar-refractivity contribution in [2.24, 2.45) is 0 Å². The van der Waals surface area contributed by atoms with Crippen molar-refractivity contribution in [3.63, 3.8) is 0 Å². The first-order chi connectivity index (χ1) is 7.36. The van der Waals surface area contributed by atoms with Crippen LogP contribution in [0.15, 0.2) is 30.3 Å². The molecule has 0 saturated carbocycles. The van der Waals surface area contributed by atoms with Gasteiger partial charge < -0.3 is 10.6 Å². The van der Waals surface area contributed by atoms with Crippen molar-refractivity contribution < 1.29 is 4.79 Å². The Morgan fingerprint density at radius 3 is 2.80 bits per heavy atom. The molecule has 0 aliphatic carbocycles. The molecule has 0 spiro atoms. The highest BCUT2D eigenvalue weighted by molar-refractivity contribution is 5.82. The number of hydrogen-bond acceptors (Lipinski definition) is 2. The fourth-order valence-corrected chi connectivity index (χ4v) is 1.81. The number of amides is 1. The second kappa shape index (κ2) is 4.94. The van der Waals surface area contributed by atoms with E-state index in [1.165, 1.54) is 5.56 Å². The third-order valence-electron chi connectivity index (χ3n) is 2.64. The van der Waals surface area contributed by atoms with Crippen LogP contribution in [-0.4, -0.2) is 25.0 Å². The number of carbonyl (C=O) groups excluding carboxylic acids is 1. The molecule has 2 rings (SSSR count). The molecule has 1 unspecified atom stereocenters. The largest absolute Gasteiger partial charge is 0.355 e. The van der Waals surface area contributed by atoms with Crippen LogP contribution < -0.4 is 10.6 Å². The molecule has 0 aromatic heterocycles. The maximum Gasteiger partial charge on any atom is 0.237 e. The first kappa shape index (κ1) is 10.2. The van der Waals surface area contributed by atoms with Crippen molar-refractivity contribution in [2.75, 3.05) is 13.1 Å². The Kier molecular flexibility index (Phi) is 3.35. The zero-order valence-electron chi connectivity index (χ0n) is 8.70. The van der Waals surface area contributed by atoms with Gasteiger partial charge in [0.2, 0.25) is 5.91 Å². The molecule has 1 saturated heterocycles. The number of rotatable bonds is 2. The van der Waals surface area contributed by atoms with Crippen LogP contribution in [0.25, 0.3) is 0 Å². The van der Waals surface area contributed by atoms with Gasteiger partial charge in [-0.05, 0) is 24.9 Å². The summed E-state index contributed by atoms with van der Waals surface area (Å²) in [5.41, 5.74) is 1.20. The molecule has 1 aromatic rings. The summed E-state index contributed by atoms with van der Waals surface area (Å²) >= 11 is 0. The summed E-state index contributed by atoms with van der Waals surface area (Å²) in [4.78, 5) is 11.6. The molecule has 1 aliphatic heterocycles. The van der Waals surface area contributed by atoms with E-state index in [2.05, 4.69) is 22.8 Å². The minimum absolute atomic E-state index is 0.0742. The first-order valence-corrected chi connectivity index (χ1v) is 5.41. The van der Waals surface area contributed by atoms with Gasteiger partial charge in [-0.15, -0.1) is 0 Å². The second-order valence-corrected chi connectivity index (χ2v) is 3.84. The molecule has 1 heterocycles. The zero-order chi connectivity index (χ0) is 10.5. The summed E-state index contributed by atoms with van der Waals surface area (Å²) in [7, 11) is 0. The maximum atomic E-state index is 11.6. The Hall–Kier alpha value is -1.35. The van der Waals surface area contributed by atoms with Crippen LogP contribution in [0, 0.1) is 0 Å². The Bertz CT molecular complexity index is 324. The Morgan fingerprint density at radius 1 is 1.20 bits per heavy atom. The van der Waals surface area contributed by atoms with E-state index in [-0.39, 0.29) is 11.9 Å². The van der Waals surface area contributed by atoms with E-state index >= 15 is 0 Å². The maximum absolute atomic E-state index is 11.6. The van der Waals surface area contributed by atoms with Gasteiger partial charge >= 0.3 is 0 Å². The number of benzene rings is 1. The second-order valence-electron chi connectivity index (χ2n) is 3.84. The van der Waals surface area contributed by atoms with Gasteiger partial charge in [-0.3, -0.25) is 4.79 Å². The van der Waals surface area contributed by atoms with Crippen molar-refractivity contribution in [3.8, 4) is 0 Å². The Labute approximate surface area is 89.9 Å². The fourth-order valence-electron chi connectivity index (χ4n) is 1.81. The van der Waals surface area contributed by atoms with Crippen molar-refractivity contribution >= 4 is 5.91 Å². The van der Waals surface area contributed by atoms with Gasteiger partial charge in [0.25, 0.3) is 0 Å². The average molecular weight is 204 g/mol. The average Bonchev–Trinajstić information content (AvgIpc) is 2.46. The zero-order valence-corrected chi connectivity index (χ0v) is 8.70. The lowest BCUT2D eigenvalue weighted by molar-refractivity contribution is -0.122. The lowest BCUT2D eigenvalue weighted by Gasteiger charge is -2.14. The van der Waals surface area contributed by atoms with E-state index in [1.807, 2.05) is 18.2 Å². The topological polar surface area (TPSA) is 41.1 Å². The van der Waals surface area contributed by atoms with E-state index in [0.29, 0.717) is 0 Å². The van der Waals surface area contributed by atoms with Crippen molar-refractivity contribution in [3.05, 3.63) is 35.9 Å². The highest BCUT2D eigenvalue weighted by Crippen LogP contribution is 2.04. The summed E-state index contributed by atoms with van der Waals surface area (Å²) in [6.07, 6.45) is 1.78. The molecule has 1 aliphatic rings. The molecular formula is C12H16N2O. The number of nitrogens with one attached hydrogen (secondary N) is 2. The summed E-state index contributed by atoms with van der Waals surface area (Å²) in [6, 6.07) is 10.0. The smallest absolute Gasteiger partial charge is 0.237 e. The third-order valence-corrected chi connectivity index (χ3v) is 2.64. The van der Waals surface area contributed by atoms with E-state index in [1.54, 1.807) is 0 Å². The molecule has 1 aromatic carbocycles. The summed E-state index contributed by atoms with van der Waals surface area (Å²) in [5.74, 6) is 0.122. The molecule has 1 fully saturated rings. The Balaban J connectivity index is 2.01. The molecule has 0 radical (unpaired) electrons. The monoisotopic (exact) mass is 204 g/mol. The minimum Gasteiger partial charge on any atom is -0.355 e. The standard InChI is InChI=1S/C12H16N2O/c15-12-11(13-7-4-8-14-12)9-10-5-2-1-3-6-10/h1-3,5-6,11,13H,4,7-9H2,(H,14,15). The quantitative estimate of drug-likeness (QED) is 0.745. The van der Waals surface area contributed by atoms with E-state index in [9.17, 15) is 4.79 Å². The highest BCUT2D eigenvalue weighted by atomic mass is 16.2. The van der Waals surface area contributed by atoms with E-state index < -0.39 is 0 Å². The third kappa shape index (κ3) is 2.80. The molecule has 80 valence electrons. The lowest BCUT2D eigenvalue weighted by Crippen LogP contribution is -2.42. The SMILES string of the molecule is O=C1NCCCNC1Cc1ccccc1. The van der Waals surface area contributed by atoms with Crippen LogP contribution in [-0.2, 0) is 11.2 Å². The van der Waals surface area contributed by atoms with Gasteiger partial charge in [-0.2, -0.15) is 0 Å². The molecule has 2 N–H and O–H groups in total. The molecule has 1 amide bonds. The Morgan fingerprint density at radius 2 is 2.00 bits per heavy atom. The van der Waals surface area contributed by atoms with Crippen LogP contribution in [0.1, 0.15) is 12.0 Å². The summed E-state index contributed by atoms with van der Waals surface area (Å²) in [6.45, 7) is 1.70. The molecule has 15 heavy (non-hydrogen) atoms. The van der Waals surface area contributed by atoms with Gasteiger partial charge in [0.15, 0.2) is 0 Å². The van der Waals surface area contributed by atoms with Gasteiger partial charge in [0, 0.05) is 6.54 Å². The lowest BCUT2D eigenvalue weighted by atomic mass is 10.1. The molecule has 1 atom stereocenters. The fraction of sp³-hybridized carbons (Fsp3) is 0.417. The minimum atomic E-state index is -0.0742. The van der Waals surface area contributed by atoms with Gasteiger partial charge in [-0.1, -0.05) is 30.3 Å². The highest BCUT2D eigenvalue weighted by Gasteiger charge is 2.19. The predicted molar refractivity (Wildman–Crippen MR) is 59.6 cm³/mol. The molecular weight excluding hydrogens is 188 g/mol. The van der Waals surface area contributed by atoms with E-state index in [0.717, 1.165) is 25.9 Å². The van der Waals surface area contributed by atoms with Gasteiger partial charge in [-0.25, -0.2) is 0 Å². The van der Waals surface area contributed by atoms with Crippen LogP contribution in [0.5, 0.6) is 0 Å². The van der Waals surface area contributed by atoms with Gasteiger partial charge in [0.05, 0.1) is 6.04 Å². The normalized spacial score (nSPS) is 21.9. The number of carbonyl (C=O) groups is 1. The predicted octanol–water partition coefficient (Wildman–Crippen LogP) is 0.707. The first-order valence-electron chi connectivity index (χ1n) is 5.41. The van der Waals surface area contributed by atoms with Crippen LogP contribution in [0.2, 0.25) is 0 Å². The van der Waals surface area contributed by atoms with Crippen LogP contribution in [0.4, 0.5) is 0 Å². The van der Waals surface area contributed by atoms with Crippen molar-refractivity contribution in [1.82, 2.24) is 10.6 Å². The van der Waals surface area contributed by atoms with Crippen LogP contribution >= 0.6 is 0 Å². The summed E-state index contributed by atoms with van der Waals surface area (Å²) in [5, 5.41) is 6.18. The van der Waals surface area contributed by atoms with Crippen LogP contribution in [0.3, 0.4) is 0 Å². The van der Waals surface area contributed by atoms with Gasteiger partial charge in [0.1, 0.15) is 0 Å².